The molecule has 126 valence electrons. The minimum atomic E-state index is -0.0993. The molecule has 0 aliphatic rings. The Morgan fingerprint density at radius 3 is 2.67 bits per heavy atom. The first kappa shape index (κ1) is 17.6. The van der Waals surface area contributed by atoms with Crippen molar-refractivity contribution in [3.05, 3.63) is 58.6 Å². The summed E-state index contributed by atoms with van der Waals surface area (Å²) in [5.41, 5.74) is 12.2. The van der Waals surface area contributed by atoms with Crippen molar-refractivity contribution < 1.29 is 9.47 Å². The number of guanidine groups is 1. The van der Waals surface area contributed by atoms with E-state index in [4.69, 9.17) is 32.5 Å². The highest BCUT2D eigenvalue weighted by Crippen LogP contribution is 2.29. The summed E-state index contributed by atoms with van der Waals surface area (Å²) in [7, 11) is 0. The van der Waals surface area contributed by atoms with E-state index in [-0.39, 0.29) is 5.96 Å². The van der Waals surface area contributed by atoms with Crippen LogP contribution in [0.5, 0.6) is 11.5 Å². The Bertz CT molecular complexity index is 743. The standard InChI is InChI=1S/C17H19ClN4O2/c1-2-23-16-9-12(10-21-22-17(19)20)6-7-15(16)24-11-13-4-3-5-14(18)8-13/h3-10H,2,11H2,1H3,(H4,19,20,22)/b21-10+. The molecule has 0 unspecified atom stereocenters. The SMILES string of the molecule is CCOc1cc(/C=N/N=C(N)N)ccc1OCc1cccc(Cl)c1. The van der Waals surface area contributed by atoms with Crippen molar-refractivity contribution in [2.75, 3.05) is 6.61 Å². The number of hydrogen-bond acceptors (Lipinski definition) is 4. The smallest absolute Gasteiger partial charge is 0.211 e. The van der Waals surface area contributed by atoms with Gasteiger partial charge in [-0.15, -0.1) is 5.10 Å². The maximum Gasteiger partial charge on any atom is 0.211 e. The van der Waals surface area contributed by atoms with Gasteiger partial charge in [0.1, 0.15) is 6.61 Å². The van der Waals surface area contributed by atoms with Crippen LogP contribution in [0.3, 0.4) is 0 Å². The van der Waals surface area contributed by atoms with Gasteiger partial charge in [0, 0.05) is 5.02 Å². The lowest BCUT2D eigenvalue weighted by molar-refractivity contribution is 0.269. The molecule has 0 amide bonds. The molecule has 0 heterocycles. The van der Waals surface area contributed by atoms with Crippen molar-refractivity contribution in [1.82, 2.24) is 0 Å². The van der Waals surface area contributed by atoms with Gasteiger partial charge in [0.2, 0.25) is 5.96 Å². The summed E-state index contributed by atoms with van der Waals surface area (Å²) in [4.78, 5) is 0. The van der Waals surface area contributed by atoms with E-state index in [2.05, 4.69) is 10.2 Å². The van der Waals surface area contributed by atoms with E-state index in [0.717, 1.165) is 11.1 Å². The highest BCUT2D eigenvalue weighted by Gasteiger charge is 2.06. The Kier molecular flexibility index (Phi) is 6.45. The molecule has 2 rings (SSSR count). The van der Waals surface area contributed by atoms with Gasteiger partial charge >= 0.3 is 0 Å². The largest absolute Gasteiger partial charge is 0.490 e. The number of rotatable bonds is 7. The van der Waals surface area contributed by atoms with Crippen molar-refractivity contribution in [3.63, 3.8) is 0 Å². The molecule has 0 saturated carbocycles. The van der Waals surface area contributed by atoms with Crippen LogP contribution in [0.4, 0.5) is 0 Å². The number of benzene rings is 2. The van der Waals surface area contributed by atoms with Crippen molar-refractivity contribution >= 4 is 23.8 Å². The third-order valence-corrected chi connectivity index (χ3v) is 3.17. The van der Waals surface area contributed by atoms with Crippen molar-refractivity contribution in [2.24, 2.45) is 21.7 Å². The van der Waals surface area contributed by atoms with Crippen LogP contribution in [-0.2, 0) is 6.61 Å². The molecule has 6 nitrogen and oxygen atoms in total. The first-order valence-corrected chi connectivity index (χ1v) is 7.72. The molecule has 0 saturated heterocycles. The minimum absolute atomic E-state index is 0.0993. The van der Waals surface area contributed by atoms with E-state index in [1.165, 1.54) is 6.21 Å². The zero-order valence-corrected chi connectivity index (χ0v) is 14.0. The molecule has 2 aromatic rings. The normalized spacial score (nSPS) is 10.6. The van der Waals surface area contributed by atoms with Gasteiger partial charge in [-0.25, -0.2) is 0 Å². The average Bonchev–Trinajstić information content (AvgIpc) is 2.54. The summed E-state index contributed by atoms with van der Waals surface area (Å²) in [6, 6.07) is 13.0. The summed E-state index contributed by atoms with van der Waals surface area (Å²) >= 11 is 5.98. The van der Waals surface area contributed by atoms with Crippen LogP contribution in [0.15, 0.2) is 52.7 Å². The summed E-state index contributed by atoms with van der Waals surface area (Å²) in [5.74, 6) is 1.15. The Morgan fingerprint density at radius 1 is 1.12 bits per heavy atom. The summed E-state index contributed by atoms with van der Waals surface area (Å²) in [6.45, 7) is 2.81. The second-order valence-electron chi connectivity index (χ2n) is 4.83. The van der Waals surface area contributed by atoms with Gasteiger partial charge in [0.05, 0.1) is 12.8 Å². The number of halogens is 1. The van der Waals surface area contributed by atoms with Crippen LogP contribution < -0.4 is 20.9 Å². The van der Waals surface area contributed by atoms with Crippen LogP contribution in [0.2, 0.25) is 5.02 Å². The van der Waals surface area contributed by atoms with Gasteiger partial charge < -0.3 is 20.9 Å². The highest BCUT2D eigenvalue weighted by atomic mass is 35.5. The van der Waals surface area contributed by atoms with Crippen LogP contribution >= 0.6 is 11.6 Å². The molecule has 0 aromatic heterocycles. The number of nitrogens with zero attached hydrogens (tertiary/aromatic N) is 2. The summed E-state index contributed by atoms with van der Waals surface area (Å²) < 4.78 is 11.5. The summed E-state index contributed by atoms with van der Waals surface area (Å²) in [6.07, 6.45) is 1.53. The highest BCUT2D eigenvalue weighted by molar-refractivity contribution is 6.30. The lowest BCUT2D eigenvalue weighted by Crippen LogP contribution is -2.21. The van der Waals surface area contributed by atoms with Crippen LogP contribution in [-0.4, -0.2) is 18.8 Å². The molecule has 0 bridgehead atoms. The monoisotopic (exact) mass is 346 g/mol. The molecule has 4 N–H and O–H groups in total. The van der Waals surface area contributed by atoms with Gasteiger partial charge in [-0.2, -0.15) is 5.10 Å². The Hall–Kier alpha value is -2.73. The Morgan fingerprint density at radius 2 is 1.96 bits per heavy atom. The zero-order valence-electron chi connectivity index (χ0n) is 13.3. The quantitative estimate of drug-likeness (QED) is 0.457. The molecule has 0 aliphatic carbocycles. The molecule has 0 radical (unpaired) electrons. The van der Waals surface area contributed by atoms with E-state index in [9.17, 15) is 0 Å². The first-order chi connectivity index (χ1) is 11.6. The molecule has 0 aliphatic heterocycles. The number of hydrogen-bond donors (Lipinski definition) is 2. The zero-order chi connectivity index (χ0) is 17.4. The maximum absolute atomic E-state index is 5.98. The molecular formula is C17H19ClN4O2. The van der Waals surface area contributed by atoms with E-state index in [1.54, 1.807) is 0 Å². The minimum Gasteiger partial charge on any atom is -0.490 e. The van der Waals surface area contributed by atoms with Gasteiger partial charge in [-0.3, -0.25) is 0 Å². The molecule has 2 aromatic carbocycles. The predicted octanol–water partition coefficient (Wildman–Crippen LogP) is 2.93. The first-order valence-electron chi connectivity index (χ1n) is 7.34. The van der Waals surface area contributed by atoms with E-state index in [0.29, 0.717) is 29.7 Å². The van der Waals surface area contributed by atoms with Crippen molar-refractivity contribution in [2.45, 2.75) is 13.5 Å². The van der Waals surface area contributed by atoms with E-state index >= 15 is 0 Å². The van der Waals surface area contributed by atoms with Gasteiger partial charge in [0.25, 0.3) is 0 Å². The van der Waals surface area contributed by atoms with Gasteiger partial charge in [-0.05, 0) is 48.4 Å². The number of ether oxygens (including phenoxy) is 2. The van der Waals surface area contributed by atoms with Gasteiger partial charge in [0.15, 0.2) is 11.5 Å². The lowest BCUT2D eigenvalue weighted by Gasteiger charge is -2.12. The van der Waals surface area contributed by atoms with Crippen molar-refractivity contribution in [1.29, 1.82) is 0 Å². The second kappa shape index (κ2) is 8.79. The molecule has 0 fully saturated rings. The molecular weight excluding hydrogens is 328 g/mol. The predicted molar refractivity (Wildman–Crippen MR) is 96.8 cm³/mol. The third-order valence-electron chi connectivity index (χ3n) is 2.93. The fourth-order valence-electron chi connectivity index (χ4n) is 1.94. The van der Waals surface area contributed by atoms with E-state index in [1.807, 2.05) is 49.4 Å². The maximum atomic E-state index is 5.98. The lowest BCUT2D eigenvalue weighted by atomic mass is 10.2. The molecule has 24 heavy (non-hydrogen) atoms. The fraction of sp³-hybridized carbons (Fsp3) is 0.176. The van der Waals surface area contributed by atoms with Crippen molar-refractivity contribution in [3.8, 4) is 11.5 Å². The third kappa shape index (κ3) is 5.48. The fourth-order valence-corrected chi connectivity index (χ4v) is 2.16. The van der Waals surface area contributed by atoms with Crippen LogP contribution in [0, 0.1) is 0 Å². The number of nitrogens with two attached hydrogens (primary N) is 2. The second-order valence-corrected chi connectivity index (χ2v) is 5.26. The Labute approximate surface area is 145 Å². The average molecular weight is 347 g/mol. The molecule has 0 spiro atoms. The Balaban J connectivity index is 2.13. The molecule has 0 atom stereocenters. The molecule has 7 heteroatoms. The van der Waals surface area contributed by atoms with Crippen LogP contribution in [0.1, 0.15) is 18.1 Å². The van der Waals surface area contributed by atoms with E-state index < -0.39 is 0 Å². The topological polar surface area (TPSA) is 95.2 Å². The summed E-state index contributed by atoms with van der Waals surface area (Å²) in [5, 5.41) is 8.01. The van der Waals surface area contributed by atoms with Gasteiger partial charge in [-0.1, -0.05) is 23.7 Å². The van der Waals surface area contributed by atoms with Crippen LogP contribution in [0.25, 0.3) is 0 Å².